The van der Waals surface area contributed by atoms with Crippen molar-refractivity contribution >= 4 is 16.8 Å². The molecule has 1 aliphatic heterocycles. The van der Waals surface area contributed by atoms with Crippen LogP contribution in [-0.4, -0.2) is 48.2 Å². The Kier molecular flexibility index (Phi) is 4.84. The van der Waals surface area contributed by atoms with Crippen LogP contribution in [0, 0.1) is 0 Å². The molecule has 134 valence electrons. The first kappa shape index (κ1) is 17.0. The van der Waals surface area contributed by atoms with E-state index in [4.69, 9.17) is 9.15 Å². The minimum absolute atomic E-state index is 0.122. The molecule has 0 bridgehead atoms. The maximum Gasteiger partial charge on any atom is 0.228 e. The number of hydrogen-bond acceptors (Lipinski definition) is 5. The second-order valence-corrected chi connectivity index (χ2v) is 6.56. The second kappa shape index (κ2) is 7.41. The zero-order valence-electron chi connectivity index (χ0n) is 14.4. The first-order valence-corrected chi connectivity index (χ1v) is 8.80. The fourth-order valence-electron chi connectivity index (χ4n) is 3.38. The van der Waals surface area contributed by atoms with Gasteiger partial charge in [-0.15, -0.1) is 0 Å². The van der Waals surface area contributed by atoms with Crippen molar-refractivity contribution in [2.24, 2.45) is 0 Å². The lowest BCUT2D eigenvalue weighted by Gasteiger charge is -2.20. The Balaban J connectivity index is 1.73. The molecule has 5 heteroatoms. The fourth-order valence-corrected chi connectivity index (χ4v) is 3.38. The zero-order chi connectivity index (χ0) is 17.9. The van der Waals surface area contributed by atoms with Gasteiger partial charge in [-0.2, -0.15) is 0 Å². The largest absolute Gasteiger partial charge is 0.452 e. The molecule has 0 amide bonds. The highest BCUT2D eigenvalue weighted by atomic mass is 16.5. The van der Waals surface area contributed by atoms with Crippen molar-refractivity contribution in [2.75, 3.05) is 26.3 Å². The highest BCUT2D eigenvalue weighted by Crippen LogP contribution is 2.29. The average Bonchev–Trinajstić information content (AvgIpc) is 2.90. The van der Waals surface area contributed by atoms with Crippen LogP contribution >= 0.6 is 0 Å². The maximum absolute atomic E-state index is 13.0. The summed E-state index contributed by atoms with van der Waals surface area (Å²) in [5, 5.41) is 10.9. The molecule has 3 aromatic rings. The van der Waals surface area contributed by atoms with Crippen molar-refractivity contribution in [3.63, 3.8) is 0 Å². The number of hydrogen-bond donors (Lipinski definition) is 1. The van der Waals surface area contributed by atoms with E-state index in [1.807, 2.05) is 42.5 Å². The summed E-state index contributed by atoms with van der Waals surface area (Å²) in [7, 11) is 0. The highest BCUT2D eigenvalue weighted by Gasteiger charge is 2.25. The van der Waals surface area contributed by atoms with Crippen LogP contribution in [0.15, 0.2) is 59.0 Å². The van der Waals surface area contributed by atoms with Crippen molar-refractivity contribution in [2.45, 2.75) is 12.6 Å². The molecule has 1 saturated heterocycles. The zero-order valence-corrected chi connectivity index (χ0v) is 14.4. The van der Waals surface area contributed by atoms with Gasteiger partial charge in [0, 0.05) is 36.1 Å². The minimum Gasteiger partial charge on any atom is -0.452 e. The molecular weight excluding hydrogens is 330 g/mol. The van der Waals surface area contributed by atoms with Gasteiger partial charge in [-0.1, -0.05) is 48.5 Å². The number of rotatable bonds is 4. The van der Waals surface area contributed by atoms with E-state index in [-0.39, 0.29) is 5.78 Å². The van der Waals surface area contributed by atoms with Crippen LogP contribution < -0.4 is 0 Å². The lowest BCUT2D eigenvalue weighted by Crippen LogP contribution is -2.32. The third kappa shape index (κ3) is 3.42. The number of aliphatic hydroxyl groups is 1. The lowest BCUT2D eigenvalue weighted by atomic mass is 10.0. The van der Waals surface area contributed by atoms with Crippen molar-refractivity contribution in [3.8, 4) is 0 Å². The van der Waals surface area contributed by atoms with Gasteiger partial charge in [-0.05, 0) is 6.07 Å². The number of carbonyl (C=O) groups is 1. The van der Waals surface area contributed by atoms with Gasteiger partial charge in [0.05, 0.1) is 19.3 Å². The van der Waals surface area contributed by atoms with Crippen molar-refractivity contribution in [1.82, 2.24) is 4.90 Å². The summed E-state index contributed by atoms with van der Waals surface area (Å²) in [5.74, 6) is 0.250. The summed E-state index contributed by atoms with van der Waals surface area (Å²) in [4.78, 5) is 15.1. The van der Waals surface area contributed by atoms with Gasteiger partial charge in [0.1, 0.15) is 5.58 Å². The molecule has 1 atom stereocenters. The Hall–Kier alpha value is -2.47. The third-order valence-corrected chi connectivity index (χ3v) is 4.65. The number of para-hydroxylation sites is 1. The van der Waals surface area contributed by atoms with E-state index in [0.29, 0.717) is 49.8 Å². The molecule has 0 radical (unpaired) electrons. The normalized spacial score (nSPS) is 18.7. The Bertz CT molecular complexity index is 903. The molecule has 2 heterocycles. The molecule has 1 N–H and O–H groups in total. The Morgan fingerprint density at radius 2 is 1.88 bits per heavy atom. The predicted molar refractivity (Wildman–Crippen MR) is 98.2 cm³/mol. The molecule has 26 heavy (non-hydrogen) atoms. The fraction of sp³-hybridized carbons (Fsp3) is 0.286. The van der Waals surface area contributed by atoms with Crippen molar-refractivity contribution < 1.29 is 19.1 Å². The molecule has 5 nitrogen and oxygen atoms in total. The van der Waals surface area contributed by atoms with E-state index in [1.54, 1.807) is 12.1 Å². The number of aliphatic hydroxyl groups excluding tert-OH is 1. The predicted octanol–water partition coefficient (Wildman–Crippen LogP) is 2.86. The van der Waals surface area contributed by atoms with Gasteiger partial charge >= 0.3 is 0 Å². The molecule has 0 spiro atoms. The molecule has 1 aliphatic rings. The van der Waals surface area contributed by atoms with Crippen LogP contribution in [0.2, 0.25) is 0 Å². The van der Waals surface area contributed by atoms with Crippen LogP contribution in [0.25, 0.3) is 11.0 Å². The van der Waals surface area contributed by atoms with E-state index in [1.165, 1.54) is 0 Å². The van der Waals surface area contributed by atoms with E-state index in [2.05, 4.69) is 4.90 Å². The lowest BCUT2D eigenvalue weighted by molar-refractivity contribution is 0.0562. The van der Waals surface area contributed by atoms with Gasteiger partial charge in [-0.3, -0.25) is 9.69 Å². The molecule has 0 unspecified atom stereocenters. The Morgan fingerprint density at radius 3 is 2.73 bits per heavy atom. The van der Waals surface area contributed by atoms with Crippen LogP contribution in [0.3, 0.4) is 0 Å². The van der Waals surface area contributed by atoms with E-state index < -0.39 is 6.10 Å². The summed E-state index contributed by atoms with van der Waals surface area (Å²) in [6.45, 7) is 2.66. The van der Waals surface area contributed by atoms with E-state index in [0.717, 1.165) is 10.9 Å². The summed E-state index contributed by atoms with van der Waals surface area (Å²) < 4.78 is 11.4. The van der Waals surface area contributed by atoms with Gasteiger partial charge in [0.2, 0.25) is 5.78 Å². The number of furan rings is 1. The number of ketones is 1. The molecule has 0 aliphatic carbocycles. The third-order valence-electron chi connectivity index (χ3n) is 4.65. The summed E-state index contributed by atoms with van der Waals surface area (Å²) >= 11 is 0. The monoisotopic (exact) mass is 351 g/mol. The van der Waals surface area contributed by atoms with Crippen LogP contribution in [0.4, 0.5) is 0 Å². The molecular formula is C21H21NO4. The SMILES string of the molecule is O=C(c1ccccc1)c1oc2ccccc2c1CN1CCOC[C@H](O)C1. The maximum atomic E-state index is 13.0. The van der Waals surface area contributed by atoms with Crippen LogP contribution in [-0.2, 0) is 11.3 Å². The first-order chi connectivity index (χ1) is 12.7. The molecule has 4 rings (SSSR count). The highest BCUT2D eigenvalue weighted by molar-refractivity contribution is 6.10. The molecule has 1 aromatic heterocycles. The van der Waals surface area contributed by atoms with Crippen molar-refractivity contribution in [1.29, 1.82) is 0 Å². The number of benzene rings is 2. The van der Waals surface area contributed by atoms with Crippen LogP contribution in [0.1, 0.15) is 21.7 Å². The Morgan fingerprint density at radius 1 is 1.12 bits per heavy atom. The van der Waals surface area contributed by atoms with E-state index >= 15 is 0 Å². The first-order valence-electron chi connectivity index (χ1n) is 8.80. The van der Waals surface area contributed by atoms with Gasteiger partial charge in [-0.25, -0.2) is 0 Å². The van der Waals surface area contributed by atoms with Gasteiger partial charge in [0.25, 0.3) is 0 Å². The topological polar surface area (TPSA) is 62.9 Å². The van der Waals surface area contributed by atoms with Gasteiger partial charge < -0.3 is 14.3 Å². The average molecular weight is 351 g/mol. The summed E-state index contributed by atoms with van der Waals surface area (Å²) in [6.07, 6.45) is -0.524. The minimum atomic E-state index is -0.524. The summed E-state index contributed by atoms with van der Waals surface area (Å²) in [5.41, 5.74) is 2.17. The molecule has 1 fully saturated rings. The quantitative estimate of drug-likeness (QED) is 0.733. The number of carbonyl (C=O) groups excluding carboxylic acids is 1. The summed E-state index contributed by atoms with van der Waals surface area (Å²) in [6, 6.07) is 16.9. The number of fused-ring (bicyclic) bond motifs is 1. The van der Waals surface area contributed by atoms with Crippen LogP contribution in [0.5, 0.6) is 0 Å². The van der Waals surface area contributed by atoms with E-state index in [9.17, 15) is 9.90 Å². The molecule has 0 saturated carbocycles. The Labute approximate surface area is 151 Å². The van der Waals surface area contributed by atoms with Gasteiger partial charge in [0.15, 0.2) is 5.76 Å². The number of nitrogens with zero attached hydrogens (tertiary/aromatic N) is 1. The number of β-amino-alcohol motifs (C(OH)–C–C–N with tert-alkyl or cyclic N) is 1. The smallest absolute Gasteiger partial charge is 0.228 e. The second-order valence-electron chi connectivity index (χ2n) is 6.56. The standard InChI is InChI=1S/C21H21NO4/c23-16-12-22(10-11-25-14-16)13-18-17-8-4-5-9-19(17)26-21(18)20(24)15-6-2-1-3-7-15/h1-9,16,23H,10-14H2/t16-/m1/s1. The van der Waals surface area contributed by atoms with Crippen molar-refractivity contribution in [3.05, 3.63) is 71.5 Å². The molecule has 2 aromatic carbocycles. The number of ether oxygens (including phenoxy) is 1.